The maximum atomic E-state index is 12.5. The minimum absolute atomic E-state index is 0.385. The Bertz CT molecular complexity index is 257. The van der Waals surface area contributed by atoms with Crippen LogP contribution in [0.2, 0.25) is 0 Å². The maximum absolute atomic E-state index is 12.5. The Morgan fingerprint density at radius 1 is 1.31 bits per heavy atom. The Morgan fingerprint density at radius 3 is 2.15 bits per heavy atom. The number of carbonyl (C=O) groups excluding carboxylic acids is 2. The predicted octanol–water partition coefficient (Wildman–Crippen LogP) is -0.461. The predicted molar refractivity (Wildman–Crippen MR) is 37.9 cm³/mol. The average Bonchev–Trinajstić information content (AvgIpc) is 2.36. The van der Waals surface area contributed by atoms with Crippen molar-refractivity contribution in [3.8, 4) is 0 Å². The van der Waals surface area contributed by atoms with Crippen LogP contribution in [0.4, 0.5) is 8.78 Å². The van der Waals surface area contributed by atoms with Crippen molar-refractivity contribution in [1.29, 1.82) is 0 Å². The fourth-order valence-electron chi connectivity index (χ4n) is 0.868. The molecule has 0 aliphatic carbocycles. The van der Waals surface area contributed by atoms with E-state index in [4.69, 9.17) is 5.11 Å². The first-order valence-corrected chi connectivity index (χ1v) is 3.48. The smallest absolute Gasteiger partial charge is 0.288 e. The fraction of sp³-hybridized carbons (Fsp3) is 0.429. The molecule has 1 aliphatic heterocycles. The van der Waals surface area contributed by atoms with Gasteiger partial charge in [-0.3, -0.25) is 14.5 Å². The third kappa shape index (κ3) is 2.09. The lowest BCUT2D eigenvalue weighted by atomic mass is 10.3. The first-order chi connectivity index (χ1) is 5.96. The van der Waals surface area contributed by atoms with Crippen LogP contribution in [0, 0.1) is 0 Å². The van der Waals surface area contributed by atoms with Crippen molar-refractivity contribution >= 4 is 11.8 Å². The van der Waals surface area contributed by atoms with Gasteiger partial charge in [0.1, 0.15) is 6.61 Å². The van der Waals surface area contributed by atoms with Gasteiger partial charge in [-0.1, -0.05) is 0 Å². The molecule has 0 radical (unpaired) electrons. The standard InChI is InChI=1S/C7H7F2NO3/c8-7(9,4-11)3-10-5(12)1-2-6(10)13/h1-2,11H,3-4H2. The van der Waals surface area contributed by atoms with Gasteiger partial charge in [-0.05, 0) is 0 Å². The van der Waals surface area contributed by atoms with Gasteiger partial charge in [0.25, 0.3) is 17.7 Å². The number of rotatable bonds is 3. The number of amides is 2. The molecule has 1 rings (SSSR count). The lowest BCUT2D eigenvalue weighted by molar-refractivity contribution is -0.145. The summed E-state index contributed by atoms with van der Waals surface area (Å²) in [6.45, 7) is -2.46. The lowest BCUT2D eigenvalue weighted by Gasteiger charge is -2.19. The summed E-state index contributed by atoms with van der Waals surface area (Å²) in [5, 5.41) is 8.21. The van der Waals surface area contributed by atoms with E-state index in [0.29, 0.717) is 4.90 Å². The first-order valence-electron chi connectivity index (χ1n) is 3.48. The van der Waals surface area contributed by atoms with Crippen molar-refractivity contribution in [2.45, 2.75) is 5.92 Å². The van der Waals surface area contributed by atoms with Gasteiger partial charge in [0, 0.05) is 12.2 Å². The van der Waals surface area contributed by atoms with E-state index in [0.717, 1.165) is 12.2 Å². The van der Waals surface area contributed by atoms with Crippen molar-refractivity contribution in [3.05, 3.63) is 12.2 Å². The molecule has 72 valence electrons. The molecule has 0 fully saturated rings. The van der Waals surface area contributed by atoms with Crippen molar-refractivity contribution in [1.82, 2.24) is 4.90 Å². The lowest BCUT2D eigenvalue weighted by Crippen LogP contribution is -2.42. The van der Waals surface area contributed by atoms with Gasteiger partial charge >= 0.3 is 0 Å². The molecule has 0 aromatic heterocycles. The van der Waals surface area contributed by atoms with Crippen LogP contribution in [-0.4, -0.2) is 40.9 Å². The third-order valence-electron chi connectivity index (χ3n) is 1.52. The van der Waals surface area contributed by atoms with Crippen molar-refractivity contribution in [2.75, 3.05) is 13.2 Å². The second kappa shape index (κ2) is 3.21. The highest BCUT2D eigenvalue weighted by molar-refractivity contribution is 6.12. The van der Waals surface area contributed by atoms with Crippen LogP contribution in [0.1, 0.15) is 0 Å². The van der Waals surface area contributed by atoms with E-state index >= 15 is 0 Å². The van der Waals surface area contributed by atoms with E-state index in [2.05, 4.69) is 0 Å². The molecule has 4 nitrogen and oxygen atoms in total. The molecule has 0 saturated carbocycles. The molecule has 1 N–H and O–H groups in total. The monoisotopic (exact) mass is 191 g/mol. The minimum atomic E-state index is -3.43. The number of imide groups is 1. The molecule has 13 heavy (non-hydrogen) atoms. The second-order valence-corrected chi connectivity index (χ2v) is 2.61. The van der Waals surface area contributed by atoms with E-state index in [9.17, 15) is 18.4 Å². The molecule has 1 heterocycles. The van der Waals surface area contributed by atoms with Gasteiger partial charge in [0.2, 0.25) is 0 Å². The maximum Gasteiger partial charge on any atom is 0.288 e. The van der Waals surface area contributed by atoms with Crippen molar-refractivity contribution in [2.24, 2.45) is 0 Å². The van der Waals surface area contributed by atoms with Gasteiger partial charge in [0.15, 0.2) is 0 Å². The van der Waals surface area contributed by atoms with E-state index < -0.39 is 30.9 Å². The zero-order chi connectivity index (χ0) is 10.1. The number of aliphatic hydroxyl groups is 1. The summed E-state index contributed by atoms with van der Waals surface area (Å²) in [5.74, 6) is -4.99. The number of halogens is 2. The van der Waals surface area contributed by atoms with E-state index in [1.54, 1.807) is 0 Å². The molecule has 0 bridgehead atoms. The van der Waals surface area contributed by atoms with Gasteiger partial charge in [-0.15, -0.1) is 0 Å². The van der Waals surface area contributed by atoms with Crippen LogP contribution < -0.4 is 0 Å². The molecule has 0 saturated heterocycles. The number of nitrogens with zero attached hydrogens (tertiary/aromatic N) is 1. The molecule has 0 spiro atoms. The molecule has 0 unspecified atom stereocenters. The van der Waals surface area contributed by atoms with Gasteiger partial charge < -0.3 is 5.11 Å². The normalized spacial score (nSPS) is 17.3. The summed E-state index contributed by atoms with van der Waals surface area (Å²) in [4.78, 5) is 21.9. The number of carbonyl (C=O) groups is 2. The van der Waals surface area contributed by atoms with Crippen LogP contribution in [0.5, 0.6) is 0 Å². The zero-order valence-electron chi connectivity index (χ0n) is 6.54. The van der Waals surface area contributed by atoms with Crippen LogP contribution >= 0.6 is 0 Å². The molecule has 1 aliphatic rings. The third-order valence-corrected chi connectivity index (χ3v) is 1.52. The fourth-order valence-corrected chi connectivity index (χ4v) is 0.868. The SMILES string of the molecule is O=C1C=CC(=O)N1CC(F)(F)CO. The molecule has 2 amide bonds. The Hall–Kier alpha value is -1.30. The van der Waals surface area contributed by atoms with Crippen molar-refractivity contribution in [3.63, 3.8) is 0 Å². The Balaban J connectivity index is 2.65. The largest absolute Gasteiger partial charge is 0.390 e. The van der Waals surface area contributed by atoms with Crippen LogP contribution in [0.25, 0.3) is 0 Å². The minimum Gasteiger partial charge on any atom is -0.390 e. The van der Waals surface area contributed by atoms with E-state index in [-0.39, 0.29) is 0 Å². The van der Waals surface area contributed by atoms with E-state index in [1.165, 1.54) is 0 Å². The molecule has 6 heteroatoms. The number of aliphatic hydroxyl groups excluding tert-OH is 1. The average molecular weight is 191 g/mol. The van der Waals surface area contributed by atoms with Gasteiger partial charge in [0.05, 0.1) is 6.54 Å². The van der Waals surface area contributed by atoms with Gasteiger partial charge in [-0.2, -0.15) is 0 Å². The summed E-state index contributed by atoms with van der Waals surface area (Å²) in [6.07, 6.45) is 1.82. The quantitative estimate of drug-likeness (QED) is 0.614. The van der Waals surface area contributed by atoms with Gasteiger partial charge in [-0.25, -0.2) is 8.78 Å². The van der Waals surface area contributed by atoms with E-state index in [1.807, 2.05) is 0 Å². The molecule has 0 aromatic rings. The molecular formula is C7H7F2NO3. The molecular weight excluding hydrogens is 184 g/mol. The second-order valence-electron chi connectivity index (χ2n) is 2.61. The Labute approximate surface area is 72.4 Å². The topological polar surface area (TPSA) is 57.6 Å². The number of hydrogen-bond donors (Lipinski definition) is 1. The summed E-state index contributed by atoms with van der Waals surface area (Å²) in [6, 6.07) is 0. The molecule has 0 aromatic carbocycles. The Morgan fingerprint density at radius 2 is 1.77 bits per heavy atom. The van der Waals surface area contributed by atoms with Crippen LogP contribution in [-0.2, 0) is 9.59 Å². The molecule has 0 atom stereocenters. The first kappa shape index (κ1) is 9.79. The summed E-state index contributed by atoms with van der Waals surface area (Å²) >= 11 is 0. The summed E-state index contributed by atoms with van der Waals surface area (Å²) in [5.41, 5.74) is 0. The number of hydrogen-bond acceptors (Lipinski definition) is 3. The zero-order valence-corrected chi connectivity index (χ0v) is 6.54. The van der Waals surface area contributed by atoms with Crippen molar-refractivity contribution < 1.29 is 23.5 Å². The highest BCUT2D eigenvalue weighted by Gasteiger charge is 2.36. The highest BCUT2D eigenvalue weighted by atomic mass is 19.3. The Kier molecular flexibility index (Phi) is 2.42. The van der Waals surface area contributed by atoms with Crippen LogP contribution in [0.15, 0.2) is 12.2 Å². The highest BCUT2D eigenvalue weighted by Crippen LogP contribution is 2.16. The summed E-state index contributed by atoms with van der Waals surface area (Å²) < 4.78 is 25.1. The van der Waals surface area contributed by atoms with Crippen LogP contribution in [0.3, 0.4) is 0 Å². The summed E-state index contributed by atoms with van der Waals surface area (Å²) in [7, 11) is 0. The number of alkyl halides is 2.